The number of likely N-dealkylation sites (N-methyl/N-ethyl adjacent to an activating group) is 1. The summed E-state index contributed by atoms with van der Waals surface area (Å²) >= 11 is 0. The Morgan fingerprint density at radius 2 is 2.32 bits per heavy atom. The highest BCUT2D eigenvalue weighted by Crippen LogP contribution is 2.16. The largest absolute Gasteiger partial charge is 0.376 e. The van der Waals surface area contributed by atoms with Crippen LogP contribution in [0.2, 0.25) is 0 Å². The van der Waals surface area contributed by atoms with Gasteiger partial charge in [-0.25, -0.2) is 4.98 Å². The van der Waals surface area contributed by atoms with E-state index in [4.69, 9.17) is 4.74 Å². The van der Waals surface area contributed by atoms with Gasteiger partial charge >= 0.3 is 0 Å². The number of aromatic nitrogens is 1. The van der Waals surface area contributed by atoms with Crippen molar-refractivity contribution in [2.45, 2.75) is 38.8 Å². The summed E-state index contributed by atoms with van der Waals surface area (Å²) in [5.74, 6) is 1.02. The van der Waals surface area contributed by atoms with Crippen molar-refractivity contribution in [3.05, 3.63) is 23.9 Å². The fourth-order valence-electron chi connectivity index (χ4n) is 2.37. The average molecular weight is 263 g/mol. The van der Waals surface area contributed by atoms with E-state index in [0.717, 1.165) is 32.1 Å². The molecule has 4 heteroatoms. The predicted octanol–water partition coefficient (Wildman–Crippen LogP) is 2.20. The van der Waals surface area contributed by atoms with Crippen molar-refractivity contribution < 1.29 is 4.74 Å². The maximum atomic E-state index is 5.77. The molecule has 0 aromatic carbocycles. The van der Waals surface area contributed by atoms with Gasteiger partial charge in [0.2, 0.25) is 0 Å². The zero-order valence-corrected chi connectivity index (χ0v) is 12.1. The lowest BCUT2D eigenvalue weighted by Crippen LogP contribution is -2.33. The normalized spacial score (nSPS) is 19.4. The summed E-state index contributed by atoms with van der Waals surface area (Å²) in [7, 11) is 2.09. The Labute approximate surface area is 116 Å². The molecule has 1 N–H and O–H groups in total. The first-order valence-electron chi connectivity index (χ1n) is 7.28. The van der Waals surface area contributed by atoms with E-state index >= 15 is 0 Å². The molecule has 2 rings (SSSR count). The first kappa shape index (κ1) is 14.3. The Kier molecular flexibility index (Phi) is 5.61. The van der Waals surface area contributed by atoms with Gasteiger partial charge in [-0.2, -0.15) is 0 Å². The lowest BCUT2D eigenvalue weighted by atomic mass is 10.1. The standard InChI is InChI=1S/C15H25N3O/c1-3-16-10-13-7-8-15(17-11-13)18(2)12-14-6-4-5-9-19-14/h7-8,11,14,16H,3-6,9-10,12H2,1-2H3. The lowest BCUT2D eigenvalue weighted by molar-refractivity contribution is 0.0215. The van der Waals surface area contributed by atoms with Gasteiger partial charge in [0.25, 0.3) is 0 Å². The van der Waals surface area contributed by atoms with Gasteiger partial charge < -0.3 is 15.0 Å². The van der Waals surface area contributed by atoms with Crippen molar-refractivity contribution in [1.82, 2.24) is 10.3 Å². The van der Waals surface area contributed by atoms with Crippen LogP contribution in [0.25, 0.3) is 0 Å². The highest BCUT2D eigenvalue weighted by atomic mass is 16.5. The Morgan fingerprint density at radius 1 is 1.42 bits per heavy atom. The molecule has 1 aliphatic heterocycles. The molecule has 1 saturated heterocycles. The number of anilines is 1. The molecule has 1 unspecified atom stereocenters. The monoisotopic (exact) mass is 263 g/mol. The Morgan fingerprint density at radius 3 is 2.95 bits per heavy atom. The zero-order valence-electron chi connectivity index (χ0n) is 12.1. The van der Waals surface area contributed by atoms with Crippen molar-refractivity contribution in [2.75, 3.05) is 31.6 Å². The molecular weight excluding hydrogens is 238 g/mol. The zero-order chi connectivity index (χ0) is 13.5. The van der Waals surface area contributed by atoms with E-state index in [1.807, 2.05) is 6.20 Å². The third-order valence-electron chi connectivity index (χ3n) is 3.53. The van der Waals surface area contributed by atoms with Crippen LogP contribution in [-0.2, 0) is 11.3 Å². The van der Waals surface area contributed by atoms with Crippen LogP contribution in [0.4, 0.5) is 5.82 Å². The minimum atomic E-state index is 0.363. The number of nitrogens with one attached hydrogen (secondary N) is 1. The number of hydrogen-bond acceptors (Lipinski definition) is 4. The van der Waals surface area contributed by atoms with Gasteiger partial charge in [-0.3, -0.25) is 0 Å². The minimum absolute atomic E-state index is 0.363. The fourth-order valence-corrected chi connectivity index (χ4v) is 2.37. The molecule has 0 amide bonds. The Balaban J connectivity index is 1.85. The SMILES string of the molecule is CCNCc1ccc(N(C)CC2CCCCO2)nc1. The van der Waals surface area contributed by atoms with Crippen molar-refractivity contribution in [3.63, 3.8) is 0 Å². The maximum absolute atomic E-state index is 5.77. The maximum Gasteiger partial charge on any atom is 0.128 e. The van der Waals surface area contributed by atoms with E-state index in [-0.39, 0.29) is 0 Å². The van der Waals surface area contributed by atoms with Crippen LogP contribution in [0.15, 0.2) is 18.3 Å². The summed E-state index contributed by atoms with van der Waals surface area (Å²) < 4.78 is 5.77. The smallest absolute Gasteiger partial charge is 0.128 e. The molecule has 1 aromatic heterocycles. The topological polar surface area (TPSA) is 37.4 Å². The average Bonchev–Trinajstić information content (AvgIpc) is 2.46. The van der Waals surface area contributed by atoms with Gasteiger partial charge in [0.05, 0.1) is 6.10 Å². The summed E-state index contributed by atoms with van der Waals surface area (Å²) in [6, 6.07) is 4.23. The Bertz CT molecular complexity index is 360. The van der Waals surface area contributed by atoms with Gasteiger partial charge in [-0.05, 0) is 37.4 Å². The van der Waals surface area contributed by atoms with Crippen LogP contribution in [0.1, 0.15) is 31.7 Å². The number of nitrogens with zero attached hydrogens (tertiary/aromatic N) is 2. The molecule has 1 fully saturated rings. The molecule has 1 aromatic rings. The fraction of sp³-hybridized carbons (Fsp3) is 0.667. The molecule has 0 bridgehead atoms. The number of hydrogen-bond donors (Lipinski definition) is 1. The Hall–Kier alpha value is -1.13. The van der Waals surface area contributed by atoms with E-state index in [1.165, 1.54) is 24.8 Å². The van der Waals surface area contributed by atoms with Crippen LogP contribution in [0.3, 0.4) is 0 Å². The summed E-state index contributed by atoms with van der Waals surface area (Å²) in [6.07, 6.45) is 5.98. The molecule has 106 valence electrons. The summed E-state index contributed by atoms with van der Waals surface area (Å²) in [4.78, 5) is 6.71. The van der Waals surface area contributed by atoms with Crippen LogP contribution < -0.4 is 10.2 Å². The molecule has 0 spiro atoms. The second-order valence-electron chi connectivity index (χ2n) is 5.17. The van der Waals surface area contributed by atoms with Gasteiger partial charge in [0, 0.05) is 32.9 Å². The second kappa shape index (κ2) is 7.46. The third-order valence-corrected chi connectivity index (χ3v) is 3.53. The van der Waals surface area contributed by atoms with Crippen molar-refractivity contribution >= 4 is 5.82 Å². The summed E-state index contributed by atoms with van der Waals surface area (Å²) in [5, 5.41) is 3.31. The number of ether oxygens (including phenoxy) is 1. The summed E-state index contributed by atoms with van der Waals surface area (Å²) in [5.41, 5.74) is 1.23. The predicted molar refractivity (Wildman–Crippen MR) is 78.5 cm³/mol. The van der Waals surface area contributed by atoms with E-state index in [0.29, 0.717) is 6.10 Å². The van der Waals surface area contributed by atoms with Crippen LogP contribution in [0.5, 0.6) is 0 Å². The molecule has 0 radical (unpaired) electrons. The molecule has 4 nitrogen and oxygen atoms in total. The first-order valence-corrected chi connectivity index (χ1v) is 7.28. The molecule has 1 aliphatic rings. The van der Waals surface area contributed by atoms with Crippen LogP contribution in [0, 0.1) is 0 Å². The van der Waals surface area contributed by atoms with Crippen LogP contribution >= 0.6 is 0 Å². The van der Waals surface area contributed by atoms with E-state index in [1.54, 1.807) is 0 Å². The second-order valence-corrected chi connectivity index (χ2v) is 5.17. The van der Waals surface area contributed by atoms with E-state index < -0.39 is 0 Å². The van der Waals surface area contributed by atoms with Gasteiger partial charge in [0.1, 0.15) is 5.82 Å². The molecular formula is C15H25N3O. The van der Waals surface area contributed by atoms with Crippen molar-refractivity contribution in [3.8, 4) is 0 Å². The van der Waals surface area contributed by atoms with Gasteiger partial charge in [0.15, 0.2) is 0 Å². The quantitative estimate of drug-likeness (QED) is 0.854. The lowest BCUT2D eigenvalue weighted by Gasteiger charge is -2.28. The molecule has 0 aliphatic carbocycles. The molecule has 19 heavy (non-hydrogen) atoms. The minimum Gasteiger partial charge on any atom is -0.376 e. The molecule has 0 saturated carbocycles. The van der Waals surface area contributed by atoms with Gasteiger partial charge in [-0.15, -0.1) is 0 Å². The van der Waals surface area contributed by atoms with E-state index in [9.17, 15) is 0 Å². The van der Waals surface area contributed by atoms with Gasteiger partial charge in [-0.1, -0.05) is 13.0 Å². The molecule has 2 heterocycles. The number of rotatable bonds is 6. The highest BCUT2D eigenvalue weighted by Gasteiger charge is 2.16. The summed E-state index contributed by atoms with van der Waals surface area (Å²) in [6.45, 7) is 5.83. The highest BCUT2D eigenvalue weighted by molar-refractivity contribution is 5.38. The van der Waals surface area contributed by atoms with E-state index in [2.05, 4.69) is 41.3 Å². The first-order chi connectivity index (χ1) is 9.29. The third kappa shape index (κ3) is 4.48. The van der Waals surface area contributed by atoms with Crippen molar-refractivity contribution in [2.24, 2.45) is 0 Å². The molecule has 1 atom stereocenters. The van der Waals surface area contributed by atoms with Crippen LogP contribution in [-0.4, -0.2) is 37.8 Å². The number of pyridine rings is 1. The van der Waals surface area contributed by atoms with Crippen molar-refractivity contribution in [1.29, 1.82) is 0 Å².